The van der Waals surface area contributed by atoms with Crippen LogP contribution in [0.4, 0.5) is 0 Å². The highest BCUT2D eigenvalue weighted by atomic mass is 16.5. The van der Waals surface area contributed by atoms with Crippen LogP contribution in [-0.4, -0.2) is 31.5 Å². The van der Waals surface area contributed by atoms with Crippen LogP contribution in [0, 0.1) is 0 Å². The fourth-order valence-corrected chi connectivity index (χ4v) is 3.34. The van der Waals surface area contributed by atoms with Gasteiger partial charge in [-0.3, -0.25) is 4.79 Å². The largest absolute Gasteiger partial charge is 0.497 e. The Morgan fingerprint density at radius 3 is 2.85 bits per heavy atom. The second-order valence-corrected chi connectivity index (χ2v) is 5.75. The number of likely N-dealkylation sites (N-methyl/N-ethyl adjacent to an activating group) is 1. The lowest BCUT2D eigenvalue weighted by Gasteiger charge is -2.34. The van der Waals surface area contributed by atoms with Crippen LogP contribution in [0.2, 0.25) is 0 Å². The number of carbonyl (C=O) groups excluding carboxylic acids is 1. The third-order valence-electron chi connectivity index (χ3n) is 4.40. The fraction of sp³-hybridized carbons (Fsp3) is 0.588. The summed E-state index contributed by atoms with van der Waals surface area (Å²) in [5.41, 5.74) is 0.742. The number of amides is 1. The summed E-state index contributed by atoms with van der Waals surface area (Å²) in [6.07, 6.45) is 5.06. The Labute approximate surface area is 121 Å². The molecule has 0 bridgehead atoms. The number of likely N-dealkylation sites (tertiary alicyclic amines) is 1. The smallest absolute Gasteiger partial charge is 0.232 e. The molecular formula is C17H25NO2. The molecular weight excluding hydrogens is 250 g/mol. The minimum absolute atomic E-state index is 0.269. The molecule has 1 fully saturated rings. The van der Waals surface area contributed by atoms with Gasteiger partial charge in [0.2, 0.25) is 5.91 Å². The van der Waals surface area contributed by atoms with Gasteiger partial charge in [-0.25, -0.2) is 0 Å². The molecule has 1 saturated heterocycles. The zero-order chi connectivity index (χ0) is 14.6. The van der Waals surface area contributed by atoms with E-state index in [-0.39, 0.29) is 11.3 Å². The van der Waals surface area contributed by atoms with Gasteiger partial charge in [0.1, 0.15) is 5.75 Å². The monoisotopic (exact) mass is 275 g/mol. The number of carbonyl (C=O) groups is 1. The molecule has 0 saturated carbocycles. The quantitative estimate of drug-likeness (QED) is 0.843. The van der Waals surface area contributed by atoms with E-state index in [0.717, 1.165) is 50.0 Å². The number of hydrogen-bond donors (Lipinski definition) is 0. The van der Waals surface area contributed by atoms with Crippen molar-refractivity contribution in [3.8, 4) is 5.75 Å². The molecule has 1 aliphatic heterocycles. The molecule has 1 amide bonds. The van der Waals surface area contributed by atoms with Gasteiger partial charge in [0.25, 0.3) is 0 Å². The van der Waals surface area contributed by atoms with Gasteiger partial charge in [-0.2, -0.15) is 0 Å². The fourth-order valence-electron chi connectivity index (χ4n) is 3.34. The number of hydrogen-bond acceptors (Lipinski definition) is 2. The molecule has 2 rings (SSSR count). The van der Waals surface area contributed by atoms with Crippen molar-refractivity contribution in [3.05, 3.63) is 29.8 Å². The highest BCUT2D eigenvalue weighted by Crippen LogP contribution is 2.39. The summed E-state index contributed by atoms with van der Waals surface area (Å²) in [4.78, 5) is 14.8. The van der Waals surface area contributed by atoms with Crippen LogP contribution in [0.15, 0.2) is 24.3 Å². The van der Waals surface area contributed by atoms with Crippen molar-refractivity contribution in [1.82, 2.24) is 4.90 Å². The van der Waals surface area contributed by atoms with E-state index in [2.05, 4.69) is 13.0 Å². The maximum atomic E-state index is 12.9. The number of nitrogens with zero attached hydrogens (tertiary/aromatic N) is 1. The zero-order valence-corrected chi connectivity index (χ0v) is 12.8. The van der Waals surface area contributed by atoms with E-state index in [0.29, 0.717) is 0 Å². The molecule has 20 heavy (non-hydrogen) atoms. The first-order valence-electron chi connectivity index (χ1n) is 7.54. The van der Waals surface area contributed by atoms with Gasteiger partial charge in [0, 0.05) is 13.6 Å². The summed E-state index contributed by atoms with van der Waals surface area (Å²) in [5, 5.41) is 0. The van der Waals surface area contributed by atoms with Crippen molar-refractivity contribution in [2.75, 3.05) is 20.7 Å². The Bertz CT molecular complexity index is 472. The predicted molar refractivity (Wildman–Crippen MR) is 81.1 cm³/mol. The minimum atomic E-state index is -0.367. The maximum absolute atomic E-state index is 12.9. The third kappa shape index (κ3) is 2.67. The summed E-state index contributed by atoms with van der Waals surface area (Å²) >= 11 is 0. The van der Waals surface area contributed by atoms with Crippen molar-refractivity contribution in [2.24, 2.45) is 0 Å². The van der Waals surface area contributed by atoms with Crippen molar-refractivity contribution in [1.29, 1.82) is 0 Å². The van der Waals surface area contributed by atoms with Crippen molar-refractivity contribution in [3.63, 3.8) is 0 Å². The first-order valence-corrected chi connectivity index (χ1v) is 7.54. The van der Waals surface area contributed by atoms with Gasteiger partial charge >= 0.3 is 0 Å². The molecule has 3 nitrogen and oxygen atoms in total. The lowest BCUT2D eigenvalue weighted by atomic mass is 9.72. The third-order valence-corrected chi connectivity index (χ3v) is 4.40. The lowest BCUT2D eigenvalue weighted by Crippen LogP contribution is -2.44. The molecule has 1 atom stereocenters. The highest BCUT2D eigenvalue weighted by Gasteiger charge is 2.42. The topological polar surface area (TPSA) is 29.5 Å². The Morgan fingerprint density at radius 1 is 1.35 bits per heavy atom. The molecule has 0 unspecified atom stereocenters. The Balaban J connectivity index is 2.48. The second kappa shape index (κ2) is 6.29. The summed E-state index contributed by atoms with van der Waals surface area (Å²) < 4.78 is 5.34. The summed E-state index contributed by atoms with van der Waals surface area (Å²) in [6.45, 7) is 3.02. The van der Waals surface area contributed by atoms with Crippen LogP contribution in [0.3, 0.4) is 0 Å². The zero-order valence-electron chi connectivity index (χ0n) is 12.8. The first kappa shape index (κ1) is 14.9. The highest BCUT2D eigenvalue weighted by molar-refractivity contribution is 5.88. The van der Waals surface area contributed by atoms with E-state index >= 15 is 0 Å². The Morgan fingerprint density at radius 2 is 2.15 bits per heavy atom. The number of benzene rings is 1. The van der Waals surface area contributed by atoms with Gasteiger partial charge in [-0.05, 0) is 37.0 Å². The van der Waals surface area contributed by atoms with Gasteiger partial charge in [-0.1, -0.05) is 31.9 Å². The molecule has 1 heterocycles. The molecule has 3 heteroatoms. The van der Waals surface area contributed by atoms with E-state index < -0.39 is 0 Å². The van der Waals surface area contributed by atoms with Crippen molar-refractivity contribution >= 4 is 5.91 Å². The van der Waals surface area contributed by atoms with Gasteiger partial charge < -0.3 is 9.64 Å². The Hall–Kier alpha value is -1.51. The standard InChI is InChI=1S/C17H25NO2/c1-4-10-17(11-5-6-12-18(2)16(17)19)14-8-7-9-15(13-14)20-3/h7-9,13H,4-6,10-12H2,1-3H3/t17-/m0/s1. The van der Waals surface area contributed by atoms with Crippen LogP contribution in [0.25, 0.3) is 0 Å². The molecule has 1 aromatic rings. The molecule has 0 aliphatic carbocycles. The number of rotatable bonds is 4. The van der Waals surface area contributed by atoms with Crippen molar-refractivity contribution in [2.45, 2.75) is 44.4 Å². The van der Waals surface area contributed by atoms with Crippen LogP contribution in [-0.2, 0) is 10.2 Å². The van der Waals surface area contributed by atoms with Crippen molar-refractivity contribution < 1.29 is 9.53 Å². The SMILES string of the molecule is CCC[C@@]1(c2cccc(OC)c2)CCCCN(C)C1=O. The maximum Gasteiger partial charge on any atom is 0.232 e. The number of ether oxygens (including phenoxy) is 1. The summed E-state index contributed by atoms with van der Waals surface area (Å²) in [5.74, 6) is 1.10. The van der Waals surface area contributed by atoms with Gasteiger partial charge in [-0.15, -0.1) is 0 Å². The normalized spacial score (nSPS) is 23.6. The van der Waals surface area contributed by atoms with E-state index in [4.69, 9.17) is 4.74 Å². The molecule has 0 aromatic heterocycles. The number of methoxy groups -OCH3 is 1. The molecule has 1 aliphatic rings. The van der Waals surface area contributed by atoms with Crippen LogP contribution < -0.4 is 4.74 Å². The average Bonchev–Trinajstić information content (AvgIpc) is 2.62. The average molecular weight is 275 g/mol. The Kier molecular flexibility index (Phi) is 4.69. The van der Waals surface area contributed by atoms with Crippen LogP contribution in [0.5, 0.6) is 5.75 Å². The predicted octanol–water partition coefficient (Wildman–Crippen LogP) is 3.38. The van der Waals surface area contributed by atoms with Crippen LogP contribution >= 0.6 is 0 Å². The van der Waals surface area contributed by atoms with Gasteiger partial charge in [0.05, 0.1) is 12.5 Å². The minimum Gasteiger partial charge on any atom is -0.497 e. The summed E-state index contributed by atoms with van der Waals surface area (Å²) in [7, 11) is 3.60. The lowest BCUT2D eigenvalue weighted by molar-refractivity contribution is -0.135. The van der Waals surface area contributed by atoms with E-state index in [9.17, 15) is 4.79 Å². The summed E-state index contributed by atoms with van der Waals surface area (Å²) in [6, 6.07) is 8.04. The molecule has 1 aromatic carbocycles. The van der Waals surface area contributed by atoms with E-state index in [1.807, 2.05) is 30.1 Å². The molecule has 0 spiro atoms. The van der Waals surface area contributed by atoms with E-state index in [1.54, 1.807) is 7.11 Å². The second-order valence-electron chi connectivity index (χ2n) is 5.75. The molecule has 110 valence electrons. The first-order chi connectivity index (χ1) is 9.64. The molecule has 0 N–H and O–H groups in total. The van der Waals surface area contributed by atoms with Gasteiger partial charge in [0.15, 0.2) is 0 Å². The van der Waals surface area contributed by atoms with Crippen LogP contribution in [0.1, 0.15) is 44.6 Å². The molecule has 0 radical (unpaired) electrons. The van der Waals surface area contributed by atoms with E-state index in [1.165, 1.54) is 0 Å².